The molecule has 1 aliphatic rings. The van der Waals surface area contributed by atoms with Crippen molar-refractivity contribution in [3.05, 3.63) is 53.6 Å². The molecule has 1 saturated heterocycles. The number of methoxy groups -OCH3 is 2. The van der Waals surface area contributed by atoms with Crippen molar-refractivity contribution in [2.24, 2.45) is 0 Å². The van der Waals surface area contributed by atoms with Gasteiger partial charge in [-0.1, -0.05) is 30.3 Å². The molecule has 6 nitrogen and oxygen atoms in total. The van der Waals surface area contributed by atoms with Crippen molar-refractivity contribution < 1.29 is 19.3 Å². The van der Waals surface area contributed by atoms with Gasteiger partial charge in [-0.15, -0.1) is 12.4 Å². The molecular weight excluding hydrogens is 380 g/mol. The molecule has 3 rings (SSSR count). The zero-order valence-electron chi connectivity index (χ0n) is 16.4. The molecule has 0 saturated carbocycles. The van der Waals surface area contributed by atoms with Gasteiger partial charge in [0.1, 0.15) is 12.4 Å². The molecule has 7 heteroatoms. The van der Waals surface area contributed by atoms with Gasteiger partial charge < -0.3 is 24.6 Å². The summed E-state index contributed by atoms with van der Waals surface area (Å²) in [5.74, 6) is 1.95. The number of hydrogen-bond acceptors (Lipinski definition) is 6. The van der Waals surface area contributed by atoms with Crippen LogP contribution in [0, 0.1) is 0 Å². The lowest BCUT2D eigenvalue weighted by Crippen LogP contribution is -2.46. The number of ether oxygens (including phenoxy) is 3. The summed E-state index contributed by atoms with van der Waals surface area (Å²) in [6.07, 6.45) is 0. The predicted molar refractivity (Wildman–Crippen MR) is 112 cm³/mol. The molecule has 0 unspecified atom stereocenters. The Labute approximate surface area is 172 Å². The maximum absolute atomic E-state index is 10.1. The summed E-state index contributed by atoms with van der Waals surface area (Å²) in [5, 5.41) is 13.5. The second-order valence-electron chi connectivity index (χ2n) is 6.50. The number of aliphatic hydroxyl groups excluding tert-OH is 1. The fourth-order valence-corrected chi connectivity index (χ4v) is 3.40. The summed E-state index contributed by atoms with van der Waals surface area (Å²) < 4.78 is 17.1. The minimum atomic E-state index is -0.155. The number of halogens is 1. The van der Waals surface area contributed by atoms with Crippen LogP contribution in [0.3, 0.4) is 0 Å². The smallest absolute Gasteiger partial charge is 0.164 e. The summed E-state index contributed by atoms with van der Waals surface area (Å²) >= 11 is 0. The Balaban J connectivity index is 0.00000280. The Kier molecular flexibility index (Phi) is 8.86. The van der Waals surface area contributed by atoms with Crippen LogP contribution in [0.1, 0.15) is 17.2 Å². The van der Waals surface area contributed by atoms with Crippen LogP contribution in [-0.2, 0) is 6.61 Å². The van der Waals surface area contributed by atoms with Gasteiger partial charge in [0.25, 0.3) is 0 Å². The van der Waals surface area contributed by atoms with E-state index >= 15 is 0 Å². The molecule has 28 heavy (non-hydrogen) atoms. The summed E-state index contributed by atoms with van der Waals surface area (Å²) in [6, 6.07) is 13.6. The lowest BCUT2D eigenvalue weighted by molar-refractivity contribution is 0.107. The number of hydrogen-bond donors (Lipinski definition) is 2. The third-order valence-electron chi connectivity index (χ3n) is 4.88. The van der Waals surface area contributed by atoms with E-state index in [1.165, 1.54) is 0 Å². The molecule has 0 spiro atoms. The van der Waals surface area contributed by atoms with E-state index in [1.807, 2.05) is 42.5 Å². The van der Waals surface area contributed by atoms with E-state index in [2.05, 4.69) is 10.2 Å². The van der Waals surface area contributed by atoms with Crippen molar-refractivity contribution in [3.63, 3.8) is 0 Å². The van der Waals surface area contributed by atoms with Crippen LogP contribution < -0.4 is 19.5 Å². The van der Waals surface area contributed by atoms with Crippen LogP contribution in [0.25, 0.3) is 0 Å². The molecule has 0 bridgehead atoms. The Hall–Kier alpha value is -1.99. The average Bonchev–Trinajstić information content (AvgIpc) is 2.74. The molecule has 2 aromatic carbocycles. The molecule has 0 aromatic heterocycles. The lowest BCUT2D eigenvalue weighted by atomic mass is 10.0. The first-order chi connectivity index (χ1) is 13.3. The summed E-state index contributed by atoms with van der Waals surface area (Å²) in [5.41, 5.74) is 1.99. The standard InChI is InChI=1S/C21H28N2O4.ClH/c1-25-20-12-17(18(14-24)23-10-8-22-9-11-23)19(13-21(20)26-2)27-15-16-6-4-3-5-7-16;/h3-7,12-13,18,22,24H,8-11,14-15H2,1-2H3;1H/t18-;/m0./s1. The van der Waals surface area contributed by atoms with Crippen LogP contribution in [0.5, 0.6) is 17.2 Å². The Morgan fingerprint density at radius 1 is 1.00 bits per heavy atom. The first-order valence-corrected chi connectivity index (χ1v) is 9.25. The minimum Gasteiger partial charge on any atom is -0.493 e. The van der Waals surface area contributed by atoms with Crippen molar-refractivity contribution in [2.75, 3.05) is 47.0 Å². The van der Waals surface area contributed by atoms with Gasteiger partial charge in [-0.3, -0.25) is 4.90 Å². The van der Waals surface area contributed by atoms with Gasteiger partial charge >= 0.3 is 0 Å². The molecule has 1 aliphatic heterocycles. The maximum atomic E-state index is 10.1. The maximum Gasteiger partial charge on any atom is 0.164 e. The van der Waals surface area contributed by atoms with E-state index < -0.39 is 0 Å². The Morgan fingerprint density at radius 3 is 2.25 bits per heavy atom. The van der Waals surface area contributed by atoms with Crippen molar-refractivity contribution in [3.8, 4) is 17.2 Å². The minimum absolute atomic E-state index is 0. The zero-order valence-corrected chi connectivity index (χ0v) is 17.2. The van der Waals surface area contributed by atoms with Crippen molar-refractivity contribution in [1.29, 1.82) is 0 Å². The second kappa shape index (κ2) is 11.1. The van der Waals surface area contributed by atoms with Crippen molar-refractivity contribution in [2.45, 2.75) is 12.6 Å². The van der Waals surface area contributed by atoms with E-state index in [0.717, 1.165) is 37.3 Å². The van der Waals surface area contributed by atoms with Crippen molar-refractivity contribution >= 4 is 12.4 Å². The van der Waals surface area contributed by atoms with Gasteiger partial charge in [0.05, 0.1) is 26.9 Å². The molecule has 0 aliphatic carbocycles. The van der Waals surface area contributed by atoms with E-state index in [4.69, 9.17) is 14.2 Å². The highest BCUT2D eigenvalue weighted by molar-refractivity contribution is 5.85. The van der Waals surface area contributed by atoms with Crippen molar-refractivity contribution in [1.82, 2.24) is 10.2 Å². The topological polar surface area (TPSA) is 63.2 Å². The summed E-state index contributed by atoms with van der Waals surface area (Å²) in [4.78, 5) is 2.27. The molecule has 1 atom stereocenters. The normalized spacial score (nSPS) is 15.4. The second-order valence-corrected chi connectivity index (χ2v) is 6.50. The summed E-state index contributed by atoms with van der Waals surface area (Å²) in [7, 11) is 3.23. The highest BCUT2D eigenvalue weighted by atomic mass is 35.5. The first-order valence-electron chi connectivity index (χ1n) is 9.25. The zero-order chi connectivity index (χ0) is 19.1. The van der Waals surface area contributed by atoms with Crippen LogP contribution in [0.4, 0.5) is 0 Å². The Bertz CT molecular complexity index is 724. The third kappa shape index (κ3) is 5.29. The van der Waals surface area contributed by atoms with Gasteiger partial charge in [0.15, 0.2) is 11.5 Å². The van der Waals surface area contributed by atoms with Gasteiger partial charge in [-0.05, 0) is 11.6 Å². The molecular formula is C21H29ClN2O4. The number of rotatable bonds is 8. The fraction of sp³-hybridized carbons (Fsp3) is 0.429. The van der Waals surface area contributed by atoms with E-state index in [0.29, 0.717) is 23.9 Å². The largest absolute Gasteiger partial charge is 0.493 e. The highest BCUT2D eigenvalue weighted by Gasteiger charge is 2.26. The lowest BCUT2D eigenvalue weighted by Gasteiger charge is -2.35. The van der Waals surface area contributed by atoms with Crippen LogP contribution in [0.2, 0.25) is 0 Å². The molecule has 0 radical (unpaired) electrons. The predicted octanol–water partition coefficient (Wildman–Crippen LogP) is 2.64. The molecule has 1 fully saturated rings. The van der Waals surface area contributed by atoms with E-state index in [-0.39, 0.29) is 25.1 Å². The number of nitrogens with zero attached hydrogens (tertiary/aromatic N) is 1. The van der Waals surface area contributed by atoms with Gasteiger partial charge in [0.2, 0.25) is 0 Å². The summed E-state index contributed by atoms with van der Waals surface area (Å²) in [6.45, 7) is 4.02. The van der Waals surface area contributed by atoms with Gasteiger partial charge in [-0.2, -0.15) is 0 Å². The monoisotopic (exact) mass is 408 g/mol. The third-order valence-corrected chi connectivity index (χ3v) is 4.88. The quantitative estimate of drug-likeness (QED) is 0.700. The molecule has 2 N–H and O–H groups in total. The van der Waals surface area contributed by atoms with Crippen LogP contribution in [-0.4, -0.2) is 57.0 Å². The number of benzene rings is 2. The Morgan fingerprint density at radius 2 is 1.64 bits per heavy atom. The SMILES string of the molecule is COc1cc(OCc2ccccc2)c([C@H](CO)N2CCNCC2)cc1OC.Cl. The molecule has 2 aromatic rings. The van der Waals surface area contributed by atoms with E-state index in [1.54, 1.807) is 14.2 Å². The van der Waals surface area contributed by atoms with Crippen LogP contribution in [0.15, 0.2) is 42.5 Å². The highest BCUT2D eigenvalue weighted by Crippen LogP contribution is 2.39. The molecule has 0 amide bonds. The average molecular weight is 409 g/mol. The van der Waals surface area contributed by atoms with E-state index in [9.17, 15) is 5.11 Å². The fourth-order valence-electron chi connectivity index (χ4n) is 3.40. The molecule has 154 valence electrons. The van der Waals surface area contributed by atoms with Gasteiger partial charge in [-0.25, -0.2) is 0 Å². The number of nitrogens with one attached hydrogen (secondary N) is 1. The first kappa shape index (κ1) is 22.3. The van der Waals surface area contributed by atoms with Crippen LogP contribution >= 0.6 is 12.4 Å². The molecule has 1 heterocycles. The number of aliphatic hydroxyl groups is 1. The van der Waals surface area contributed by atoms with Gasteiger partial charge in [0, 0.05) is 37.8 Å². The number of piperazine rings is 1.